The Morgan fingerprint density at radius 3 is 1.97 bits per heavy atom. The van der Waals surface area contributed by atoms with E-state index in [9.17, 15) is 19.5 Å². The highest BCUT2D eigenvalue weighted by Gasteiger charge is 2.48. The summed E-state index contributed by atoms with van der Waals surface area (Å²) in [6.07, 6.45) is 1.93. The van der Waals surface area contributed by atoms with Crippen LogP contribution in [0.2, 0.25) is 0 Å². The van der Waals surface area contributed by atoms with E-state index in [4.69, 9.17) is 11.6 Å². The number of aliphatic hydroxyl groups is 1. The number of aryl methyl sites for hydroxylation is 1. The molecule has 1 saturated carbocycles. The van der Waals surface area contributed by atoms with Crippen LogP contribution in [0.1, 0.15) is 70.4 Å². The fourth-order valence-electron chi connectivity index (χ4n) is 4.96. The lowest BCUT2D eigenvalue weighted by atomic mass is 9.62. The molecule has 0 radical (unpaired) electrons. The maximum atomic E-state index is 13.1. The summed E-state index contributed by atoms with van der Waals surface area (Å²) in [4.78, 5) is 39.4. The number of Topliss-reactive ketones (excluding diaryl/α,β-unsaturated/α-hetero) is 3. The summed E-state index contributed by atoms with van der Waals surface area (Å²) in [5.41, 5.74) is 1.28. The highest BCUT2D eigenvalue weighted by Crippen LogP contribution is 2.47. The van der Waals surface area contributed by atoms with Gasteiger partial charge in [0.2, 0.25) is 0 Å². The standard InChI is InChI=1S/C25H31ClO4/c1-24(2)11-17(27)22(18(28)12-24)21(16-7-5-15(6-8-16)9-10-26)23-19(29)13-25(3,4)14-20(23)30/h5-8,21-22,29H,9-14H2,1-4H3/t21-/m1/s1. The molecule has 0 heterocycles. The maximum Gasteiger partial charge on any atom is 0.163 e. The third-order valence-electron chi connectivity index (χ3n) is 6.26. The van der Waals surface area contributed by atoms with E-state index < -0.39 is 11.8 Å². The molecule has 0 bridgehead atoms. The van der Waals surface area contributed by atoms with E-state index in [0.717, 1.165) is 5.56 Å². The van der Waals surface area contributed by atoms with Gasteiger partial charge in [-0.1, -0.05) is 52.0 Å². The van der Waals surface area contributed by atoms with Gasteiger partial charge in [0.25, 0.3) is 0 Å². The fourth-order valence-corrected chi connectivity index (χ4v) is 5.18. The Morgan fingerprint density at radius 2 is 1.47 bits per heavy atom. The Balaban J connectivity index is 2.11. The summed E-state index contributed by atoms with van der Waals surface area (Å²) in [5.74, 6) is -1.64. The number of carbonyl (C=O) groups is 3. The molecule has 1 atom stereocenters. The molecular formula is C25H31ClO4. The molecule has 4 nitrogen and oxygen atoms in total. The molecule has 162 valence electrons. The highest BCUT2D eigenvalue weighted by molar-refractivity contribution is 6.18. The van der Waals surface area contributed by atoms with Gasteiger partial charge in [0.15, 0.2) is 5.78 Å². The van der Waals surface area contributed by atoms with Crippen molar-refractivity contribution in [2.45, 2.75) is 65.7 Å². The van der Waals surface area contributed by atoms with Crippen molar-refractivity contribution in [1.29, 1.82) is 0 Å². The van der Waals surface area contributed by atoms with Crippen molar-refractivity contribution in [2.24, 2.45) is 16.7 Å². The number of allylic oxidation sites excluding steroid dienone is 2. The van der Waals surface area contributed by atoms with Crippen molar-refractivity contribution in [2.75, 3.05) is 5.88 Å². The second-order valence-electron chi connectivity index (χ2n) is 10.4. The average molecular weight is 431 g/mol. The summed E-state index contributed by atoms with van der Waals surface area (Å²) < 4.78 is 0. The largest absolute Gasteiger partial charge is 0.512 e. The van der Waals surface area contributed by atoms with Crippen LogP contribution in [-0.2, 0) is 20.8 Å². The van der Waals surface area contributed by atoms with Crippen LogP contribution in [0.15, 0.2) is 35.6 Å². The number of rotatable bonds is 5. The molecule has 1 aromatic carbocycles. The minimum absolute atomic E-state index is 0.0107. The van der Waals surface area contributed by atoms with Gasteiger partial charge in [-0.15, -0.1) is 11.6 Å². The normalized spacial score (nSPS) is 23.0. The molecule has 0 aliphatic heterocycles. The van der Waals surface area contributed by atoms with Crippen molar-refractivity contribution in [1.82, 2.24) is 0 Å². The van der Waals surface area contributed by atoms with Crippen molar-refractivity contribution in [3.63, 3.8) is 0 Å². The number of hydrogen-bond acceptors (Lipinski definition) is 4. The van der Waals surface area contributed by atoms with Gasteiger partial charge in [0, 0.05) is 43.1 Å². The van der Waals surface area contributed by atoms with Crippen molar-refractivity contribution >= 4 is 29.0 Å². The Bertz CT molecular complexity index is 872. The predicted molar refractivity (Wildman–Crippen MR) is 118 cm³/mol. The summed E-state index contributed by atoms with van der Waals surface area (Å²) in [6.45, 7) is 7.71. The zero-order valence-electron chi connectivity index (χ0n) is 18.3. The van der Waals surface area contributed by atoms with Crippen LogP contribution in [0.25, 0.3) is 0 Å². The summed E-state index contributed by atoms with van der Waals surface area (Å²) in [5, 5.41) is 10.9. The van der Waals surface area contributed by atoms with Gasteiger partial charge in [-0.3, -0.25) is 14.4 Å². The third-order valence-corrected chi connectivity index (χ3v) is 6.45. The zero-order chi connectivity index (χ0) is 22.3. The van der Waals surface area contributed by atoms with E-state index in [1.165, 1.54) is 0 Å². The number of halogens is 1. The van der Waals surface area contributed by atoms with E-state index in [-0.39, 0.29) is 58.8 Å². The predicted octanol–water partition coefficient (Wildman–Crippen LogP) is 5.33. The molecule has 2 aliphatic carbocycles. The van der Waals surface area contributed by atoms with Crippen molar-refractivity contribution in [3.05, 3.63) is 46.7 Å². The molecule has 0 amide bonds. The molecule has 1 aromatic rings. The molecule has 1 fully saturated rings. The Hall–Kier alpha value is -1.94. The van der Waals surface area contributed by atoms with Gasteiger partial charge in [-0.25, -0.2) is 0 Å². The SMILES string of the molecule is CC1(C)CC(=O)C([C@H](C2=C(O)CC(C)(C)CC2=O)c2ccc(CCCl)cc2)C(=O)C1. The monoisotopic (exact) mass is 430 g/mol. The zero-order valence-corrected chi connectivity index (χ0v) is 19.0. The molecule has 30 heavy (non-hydrogen) atoms. The quantitative estimate of drug-likeness (QED) is 0.506. The average Bonchev–Trinajstić information content (AvgIpc) is 2.58. The molecule has 5 heteroatoms. The van der Waals surface area contributed by atoms with Crippen LogP contribution in [0.3, 0.4) is 0 Å². The Kier molecular flexibility index (Phi) is 6.29. The number of alkyl halides is 1. The molecule has 0 saturated heterocycles. The second-order valence-corrected chi connectivity index (χ2v) is 10.8. The minimum Gasteiger partial charge on any atom is -0.512 e. The second kappa shape index (κ2) is 8.30. The number of benzene rings is 1. The summed E-state index contributed by atoms with van der Waals surface area (Å²) in [7, 11) is 0. The fraction of sp³-hybridized carbons (Fsp3) is 0.560. The summed E-state index contributed by atoms with van der Waals surface area (Å²) in [6, 6.07) is 7.56. The maximum absolute atomic E-state index is 13.1. The Labute approximate surface area is 183 Å². The number of carbonyl (C=O) groups excluding carboxylic acids is 3. The van der Waals surface area contributed by atoms with E-state index >= 15 is 0 Å². The first kappa shape index (κ1) is 22.7. The van der Waals surface area contributed by atoms with Gasteiger partial charge in [0.05, 0.1) is 5.92 Å². The van der Waals surface area contributed by atoms with Gasteiger partial charge in [0.1, 0.15) is 17.3 Å². The van der Waals surface area contributed by atoms with E-state index in [2.05, 4.69) is 0 Å². The molecule has 2 aliphatic rings. The first-order chi connectivity index (χ1) is 13.9. The third kappa shape index (κ3) is 4.69. The van der Waals surface area contributed by atoms with E-state index in [1.54, 1.807) is 0 Å². The van der Waals surface area contributed by atoms with E-state index in [0.29, 0.717) is 24.3 Å². The van der Waals surface area contributed by atoms with Crippen LogP contribution in [-0.4, -0.2) is 28.3 Å². The van der Waals surface area contributed by atoms with Crippen molar-refractivity contribution in [3.8, 4) is 0 Å². The molecule has 3 rings (SSSR count). The van der Waals surface area contributed by atoms with Crippen LogP contribution in [0.5, 0.6) is 0 Å². The molecule has 1 N–H and O–H groups in total. The minimum atomic E-state index is -0.931. The van der Waals surface area contributed by atoms with Crippen LogP contribution in [0, 0.1) is 16.7 Å². The number of aliphatic hydroxyl groups excluding tert-OH is 1. The highest BCUT2D eigenvalue weighted by atomic mass is 35.5. The topological polar surface area (TPSA) is 71.4 Å². The number of ketones is 3. The smallest absolute Gasteiger partial charge is 0.163 e. The lowest BCUT2D eigenvalue weighted by Gasteiger charge is -2.39. The van der Waals surface area contributed by atoms with Gasteiger partial charge >= 0.3 is 0 Å². The van der Waals surface area contributed by atoms with Crippen LogP contribution in [0.4, 0.5) is 0 Å². The first-order valence-electron chi connectivity index (χ1n) is 10.6. The number of hydrogen-bond donors (Lipinski definition) is 1. The molecule has 0 unspecified atom stereocenters. The first-order valence-corrected chi connectivity index (χ1v) is 11.1. The van der Waals surface area contributed by atoms with Crippen LogP contribution < -0.4 is 0 Å². The lowest BCUT2D eigenvalue weighted by Crippen LogP contribution is -2.43. The molecule has 0 spiro atoms. The summed E-state index contributed by atoms with van der Waals surface area (Å²) >= 11 is 5.84. The van der Waals surface area contributed by atoms with Crippen molar-refractivity contribution < 1.29 is 19.5 Å². The molecule has 0 aromatic heterocycles. The lowest BCUT2D eigenvalue weighted by molar-refractivity contribution is -0.140. The van der Waals surface area contributed by atoms with Crippen LogP contribution >= 0.6 is 11.6 Å². The van der Waals surface area contributed by atoms with Gasteiger partial charge in [-0.05, 0) is 28.4 Å². The van der Waals surface area contributed by atoms with E-state index in [1.807, 2.05) is 52.0 Å². The van der Waals surface area contributed by atoms with Gasteiger partial charge in [-0.2, -0.15) is 0 Å². The molecular weight excluding hydrogens is 400 g/mol. The van der Waals surface area contributed by atoms with Gasteiger partial charge < -0.3 is 5.11 Å². The Morgan fingerprint density at radius 1 is 0.933 bits per heavy atom.